The molecule has 0 amide bonds. The quantitative estimate of drug-likeness (QED) is 0.176. The predicted octanol–water partition coefficient (Wildman–Crippen LogP) is 14.6. The number of aromatic nitrogens is 4. The fourth-order valence-electron chi connectivity index (χ4n) is 11.6. The summed E-state index contributed by atoms with van der Waals surface area (Å²) in [5, 5.41) is 14.4. The molecular weight excluding hydrogens is 837 g/mol. The second-order valence-corrected chi connectivity index (χ2v) is 17.6. The molecular formula is C60H34N6O2. The van der Waals surface area contributed by atoms with Crippen LogP contribution < -0.4 is 14.4 Å². The number of pyridine rings is 2. The smallest absolute Gasteiger partial charge is 0.151 e. The zero-order valence-corrected chi connectivity index (χ0v) is 36.1. The molecule has 1 atom stereocenters. The highest BCUT2D eigenvalue weighted by molar-refractivity contribution is 6.11. The zero-order valence-electron chi connectivity index (χ0n) is 36.1. The molecule has 6 heterocycles. The Morgan fingerprint density at radius 3 is 1.74 bits per heavy atom. The van der Waals surface area contributed by atoms with Crippen LogP contribution in [0.5, 0.6) is 23.0 Å². The molecule has 2 aliphatic heterocycles. The summed E-state index contributed by atoms with van der Waals surface area (Å²) in [6.07, 6.45) is 3.87. The van der Waals surface area contributed by atoms with Crippen LogP contribution in [0.3, 0.4) is 0 Å². The molecule has 0 bridgehead atoms. The standard InChI is InChI=1S/C60H34N6O2/c61-34-36-26-29-49-42(31-36)41-15-3-6-19-48(41)64(49)37-27-28-43-56(33-37)68-55-25-11-22-52(66-50-20-7-9-23-53(50)67-54-24-10-8-21-51(54)66)57(55)60(43)44-16-12-30-62-58(44)59-45(60)32-38(35-63-59)65-46-17-4-1-13-39(46)40-14-2-5-18-47(40)65/h1-33,35H. The topological polar surface area (TPSA) is 81.1 Å². The van der Waals surface area contributed by atoms with Gasteiger partial charge < -0.3 is 23.5 Å². The molecule has 0 fully saturated rings. The van der Waals surface area contributed by atoms with Crippen LogP contribution in [0.15, 0.2) is 207 Å². The number of anilines is 3. The normalized spacial score (nSPS) is 15.0. The Balaban J connectivity index is 1.06. The second-order valence-electron chi connectivity index (χ2n) is 17.6. The largest absolute Gasteiger partial charge is 0.457 e. The number of rotatable bonds is 3. The summed E-state index contributed by atoms with van der Waals surface area (Å²) in [5.41, 5.74) is 14.2. The summed E-state index contributed by atoms with van der Waals surface area (Å²) in [5.74, 6) is 2.97. The van der Waals surface area contributed by atoms with E-state index in [9.17, 15) is 5.26 Å². The van der Waals surface area contributed by atoms with Gasteiger partial charge in [-0.05, 0) is 96.6 Å². The molecule has 0 saturated carbocycles. The van der Waals surface area contributed by atoms with Crippen LogP contribution in [-0.4, -0.2) is 19.1 Å². The second kappa shape index (κ2) is 13.5. The van der Waals surface area contributed by atoms with E-state index in [1.165, 1.54) is 10.8 Å². The zero-order chi connectivity index (χ0) is 44.7. The van der Waals surface area contributed by atoms with Crippen molar-refractivity contribution >= 4 is 60.7 Å². The van der Waals surface area contributed by atoms with Gasteiger partial charge in [-0.15, -0.1) is 0 Å². The first kappa shape index (κ1) is 36.8. The maximum absolute atomic E-state index is 9.92. The molecule has 0 N–H and O–H groups in total. The molecule has 8 nitrogen and oxygen atoms in total. The summed E-state index contributed by atoms with van der Waals surface area (Å²) in [6.45, 7) is 0. The molecule has 0 radical (unpaired) electrons. The molecule has 1 spiro atoms. The van der Waals surface area contributed by atoms with Gasteiger partial charge in [0.05, 0.1) is 79.4 Å². The molecule has 8 aromatic carbocycles. The summed E-state index contributed by atoms with van der Waals surface area (Å²) >= 11 is 0. The summed E-state index contributed by atoms with van der Waals surface area (Å²) in [7, 11) is 0. The van der Waals surface area contributed by atoms with Gasteiger partial charge in [-0.25, -0.2) is 0 Å². The number of nitriles is 1. The third-order valence-electron chi connectivity index (χ3n) is 14.3. The molecule has 68 heavy (non-hydrogen) atoms. The Bertz CT molecular complexity index is 4120. The van der Waals surface area contributed by atoms with E-state index in [1.54, 1.807) is 0 Å². The van der Waals surface area contributed by atoms with Crippen molar-refractivity contribution in [1.82, 2.24) is 19.1 Å². The van der Waals surface area contributed by atoms with Gasteiger partial charge in [-0.2, -0.15) is 5.26 Å². The summed E-state index contributed by atoms with van der Waals surface area (Å²) < 4.78 is 18.6. The Morgan fingerprint density at radius 2 is 1.01 bits per heavy atom. The van der Waals surface area contributed by atoms with Crippen molar-refractivity contribution in [3.05, 3.63) is 234 Å². The van der Waals surface area contributed by atoms with Crippen molar-refractivity contribution in [2.24, 2.45) is 0 Å². The van der Waals surface area contributed by atoms with Gasteiger partial charge in [0.25, 0.3) is 0 Å². The van der Waals surface area contributed by atoms with Crippen LogP contribution >= 0.6 is 0 Å². The molecule has 0 saturated heterocycles. The van der Waals surface area contributed by atoms with E-state index in [2.05, 4.69) is 166 Å². The number of ether oxygens (including phenoxy) is 2. The van der Waals surface area contributed by atoms with Gasteiger partial charge in [-0.1, -0.05) is 97.1 Å². The third kappa shape index (κ3) is 4.76. The van der Waals surface area contributed by atoms with Crippen LogP contribution in [0, 0.1) is 11.3 Å². The monoisotopic (exact) mass is 870 g/mol. The minimum Gasteiger partial charge on any atom is -0.457 e. The van der Waals surface area contributed by atoms with Gasteiger partial charge in [0.2, 0.25) is 0 Å². The minimum absolute atomic E-state index is 0.620. The minimum atomic E-state index is -0.983. The van der Waals surface area contributed by atoms with E-state index in [1.807, 2.05) is 60.9 Å². The Morgan fingerprint density at radius 1 is 0.426 bits per heavy atom. The molecule has 1 aliphatic carbocycles. The SMILES string of the molecule is N#Cc1ccc2c(c1)c1ccccc1n2-c1ccc2c(c1)Oc1cccc(N3c4ccccc4Oc4ccccc43)c1C21c2cccnc2-c2ncc(-n3c4ccccc4c4ccccc43)cc21. The first-order chi connectivity index (χ1) is 33.7. The van der Waals surface area contributed by atoms with E-state index in [-0.39, 0.29) is 0 Å². The van der Waals surface area contributed by atoms with E-state index in [4.69, 9.17) is 19.4 Å². The van der Waals surface area contributed by atoms with Crippen molar-refractivity contribution in [1.29, 1.82) is 5.26 Å². The lowest BCUT2D eigenvalue weighted by atomic mass is 9.65. The van der Waals surface area contributed by atoms with Gasteiger partial charge in [0, 0.05) is 56.2 Å². The van der Waals surface area contributed by atoms with Crippen LogP contribution in [0.25, 0.3) is 66.4 Å². The maximum Gasteiger partial charge on any atom is 0.151 e. The Hall–Kier alpha value is -9.45. The highest BCUT2D eigenvalue weighted by atomic mass is 16.5. The molecule has 316 valence electrons. The van der Waals surface area contributed by atoms with E-state index in [0.717, 1.165) is 118 Å². The van der Waals surface area contributed by atoms with Crippen molar-refractivity contribution in [3.63, 3.8) is 0 Å². The summed E-state index contributed by atoms with van der Waals surface area (Å²) in [6, 6.07) is 69.9. The predicted molar refractivity (Wildman–Crippen MR) is 268 cm³/mol. The van der Waals surface area contributed by atoms with Crippen molar-refractivity contribution in [2.75, 3.05) is 4.90 Å². The fourth-order valence-corrected chi connectivity index (χ4v) is 11.6. The highest BCUT2D eigenvalue weighted by Crippen LogP contribution is 2.65. The molecule has 15 rings (SSSR count). The van der Waals surface area contributed by atoms with Gasteiger partial charge >= 0.3 is 0 Å². The number of hydrogen-bond acceptors (Lipinski definition) is 6. The average molecular weight is 871 g/mol. The van der Waals surface area contributed by atoms with E-state index >= 15 is 0 Å². The molecule has 1 unspecified atom stereocenters. The number of benzene rings is 8. The van der Waals surface area contributed by atoms with Crippen LogP contribution in [0.4, 0.5) is 17.1 Å². The van der Waals surface area contributed by atoms with Crippen molar-refractivity contribution < 1.29 is 9.47 Å². The van der Waals surface area contributed by atoms with Crippen LogP contribution in [-0.2, 0) is 5.41 Å². The van der Waals surface area contributed by atoms with Crippen LogP contribution in [0.1, 0.15) is 27.8 Å². The Labute approximate surface area is 389 Å². The summed E-state index contributed by atoms with van der Waals surface area (Å²) in [4.78, 5) is 12.9. The number of fused-ring (bicyclic) bond motifs is 17. The van der Waals surface area contributed by atoms with Gasteiger partial charge in [0.1, 0.15) is 11.5 Å². The van der Waals surface area contributed by atoms with E-state index in [0.29, 0.717) is 5.56 Å². The molecule has 3 aliphatic rings. The van der Waals surface area contributed by atoms with Gasteiger partial charge in [-0.3, -0.25) is 9.97 Å². The van der Waals surface area contributed by atoms with E-state index < -0.39 is 5.41 Å². The van der Waals surface area contributed by atoms with Gasteiger partial charge in [0.15, 0.2) is 11.5 Å². The first-order valence-electron chi connectivity index (χ1n) is 22.7. The number of nitrogens with zero attached hydrogens (tertiary/aromatic N) is 6. The third-order valence-corrected chi connectivity index (χ3v) is 14.3. The lowest BCUT2D eigenvalue weighted by molar-refractivity contribution is 0.436. The first-order valence-corrected chi connectivity index (χ1v) is 22.7. The van der Waals surface area contributed by atoms with Crippen molar-refractivity contribution in [2.45, 2.75) is 5.41 Å². The molecule has 8 heteroatoms. The Kier molecular flexibility index (Phi) is 7.34. The lowest BCUT2D eigenvalue weighted by Gasteiger charge is -2.43. The van der Waals surface area contributed by atoms with Crippen molar-refractivity contribution in [3.8, 4) is 51.8 Å². The fraction of sp³-hybridized carbons (Fsp3) is 0.0167. The number of hydrogen-bond donors (Lipinski definition) is 0. The maximum atomic E-state index is 9.92. The highest BCUT2D eigenvalue weighted by Gasteiger charge is 2.55. The van der Waals surface area contributed by atoms with Crippen LogP contribution in [0.2, 0.25) is 0 Å². The number of para-hydroxylation sites is 7. The lowest BCUT2D eigenvalue weighted by Crippen LogP contribution is -2.34. The molecule has 12 aromatic rings. The average Bonchev–Trinajstić information content (AvgIpc) is 4.01. The molecule has 4 aromatic heterocycles.